The highest BCUT2D eigenvalue weighted by molar-refractivity contribution is 7.89. The second-order valence-electron chi connectivity index (χ2n) is 10.8. The van der Waals surface area contributed by atoms with E-state index in [-0.39, 0.29) is 29.3 Å². The van der Waals surface area contributed by atoms with Crippen LogP contribution >= 0.6 is 0 Å². The third-order valence-corrected chi connectivity index (χ3v) is 9.92. The van der Waals surface area contributed by atoms with Crippen molar-refractivity contribution in [2.75, 3.05) is 12.3 Å². The maximum Gasteiger partial charge on any atom is 0.337 e. The van der Waals surface area contributed by atoms with Gasteiger partial charge in [-0.3, -0.25) is 8.97 Å². The average molecular weight is 557 g/mol. The van der Waals surface area contributed by atoms with Crippen LogP contribution in [0.15, 0.2) is 53.8 Å². The van der Waals surface area contributed by atoms with Crippen LogP contribution in [0, 0.1) is 5.92 Å². The highest BCUT2D eigenvalue weighted by atomic mass is 32.2. The van der Waals surface area contributed by atoms with Crippen LogP contribution in [0.3, 0.4) is 0 Å². The van der Waals surface area contributed by atoms with Crippen molar-refractivity contribution in [3.8, 4) is 5.69 Å². The number of rotatable bonds is 7. The van der Waals surface area contributed by atoms with E-state index in [1.807, 2.05) is 29.8 Å². The zero-order valence-electron chi connectivity index (χ0n) is 21.8. The lowest BCUT2D eigenvalue weighted by Crippen LogP contribution is -2.26. The van der Waals surface area contributed by atoms with Gasteiger partial charge in [-0.05, 0) is 54.5 Å². The largest absolute Gasteiger partial charge is 0.337 e. The zero-order valence-corrected chi connectivity index (χ0v) is 22.6. The van der Waals surface area contributed by atoms with Crippen LogP contribution in [-0.2, 0) is 29.5 Å². The number of fused-ring (bicyclic) bond motifs is 1. The molecular weight excluding hydrogens is 526 g/mol. The smallest absolute Gasteiger partial charge is 0.320 e. The van der Waals surface area contributed by atoms with Crippen LogP contribution < -0.4 is 5.69 Å². The molecule has 206 valence electrons. The number of pyridine rings is 1. The predicted molar refractivity (Wildman–Crippen MR) is 142 cm³/mol. The van der Waals surface area contributed by atoms with Crippen LogP contribution in [0.1, 0.15) is 61.0 Å². The van der Waals surface area contributed by atoms with Crippen molar-refractivity contribution < 1.29 is 17.2 Å². The first-order valence-corrected chi connectivity index (χ1v) is 14.7. The molecule has 4 aromatic rings. The lowest BCUT2D eigenvalue weighted by Gasteiger charge is -2.33. The summed E-state index contributed by atoms with van der Waals surface area (Å²) in [5.74, 6) is -1.95. The van der Waals surface area contributed by atoms with E-state index >= 15 is 0 Å². The van der Waals surface area contributed by atoms with Gasteiger partial charge in [0.15, 0.2) is 0 Å². The molecule has 0 N–H and O–H groups in total. The molecule has 4 heterocycles. The first kappa shape index (κ1) is 25.9. The number of benzene rings is 1. The van der Waals surface area contributed by atoms with Gasteiger partial charge in [-0.15, -0.1) is 10.2 Å². The lowest BCUT2D eigenvalue weighted by atomic mass is 9.72. The number of sulfonamides is 1. The van der Waals surface area contributed by atoms with E-state index in [0.717, 1.165) is 37.6 Å². The molecule has 1 aromatic carbocycles. The maximum absolute atomic E-state index is 14.8. The Morgan fingerprint density at radius 3 is 2.56 bits per heavy atom. The highest BCUT2D eigenvalue weighted by Gasteiger charge is 2.34. The van der Waals surface area contributed by atoms with Crippen molar-refractivity contribution in [1.82, 2.24) is 28.0 Å². The minimum atomic E-state index is -3.43. The Hall–Kier alpha value is -3.38. The Bertz CT molecular complexity index is 1720. The highest BCUT2D eigenvalue weighted by Crippen LogP contribution is 2.43. The molecule has 1 aliphatic heterocycles. The monoisotopic (exact) mass is 556 g/mol. The molecular formula is C27H30F2N6O3S. The van der Waals surface area contributed by atoms with Crippen LogP contribution in [0.4, 0.5) is 8.78 Å². The van der Waals surface area contributed by atoms with Gasteiger partial charge < -0.3 is 4.57 Å². The summed E-state index contributed by atoms with van der Waals surface area (Å²) in [6.07, 6.45) is 8.36. The molecule has 0 spiro atoms. The molecule has 39 heavy (non-hydrogen) atoms. The van der Waals surface area contributed by atoms with Crippen LogP contribution in [0.25, 0.3) is 11.2 Å². The summed E-state index contributed by atoms with van der Waals surface area (Å²) in [6.45, 7) is 1.05. The number of imidazole rings is 1. The summed E-state index contributed by atoms with van der Waals surface area (Å²) in [5.41, 5.74) is 1.13. The van der Waals surface area contributed by atoms with E-state index in [1.54, 1.807) is 12.4 Å². The normalized spacial score (nSPS) is 19.0. The van der Waals surface area contributed by atoms with Gasteiger partial charge in [0.1, 0.15) is 12.2 Å². The molecule has 1 saturated heterocycles. The average Bonchev–Trinajstić information content (AvgIpc) is 3.52. The summed E-state index contributed by atoms with van der Waals surface area (Å²) >= 11 is 0. The molecule has 0 unspecified atom stereocenters. The molecule has 12 heteroatoms. The Balaban J connectivity index is 1.45. The number of aryl methyl sites for hydroxylation is 1. The van der Waals surface area contributed by atoms with Gasteiger partial charge in [0.25, 0.3) is 5.92 Å². The molecule has 2 fully saturated rings. The SMILES string of the molecule is Cn1cnnc1[C@@H](c1cccc(-n2cc3c(C(C)(F)F)cc(CN4CCCS4(=O)=O)cn3c2=O)c1)C1CCC1. The van der Waals surface area contributed by atoms with Gasteiger partial charge in [-0.1, -0.05) is 18.6 Å². The molecule has 0 bridgehead atoms. The Morgan fingerprint density at radius 2 is 1.95 bits per heavy atom. The number of aromatic nitrogens is 5. The first-order chi connectivity index (χ1) is 18.5. The van der Waals surface area contributed by atoms with Gasteiger partial charge in [0.05, 0.1) is 17.0 Å². The standard InChI is InChI=1S/C27H30F2N6O3S/c1-27(28,29)22-12-18(14-33-10-5-11-39(33,37)38)15-35-23(22)16-34(26(35)36)21-9-4-8-20(13-21)24(19-6-3-7-19)25-31-30-17-32(25)2/h4,8-9,12-13,15-17,19,24H,3,5-7,10-11,14H2,1-2H3/t24-/m1/s1. The van der Waals surface area contributed by atoms with Gasteiger partial charge in [-0.25, -0.2) is 22.0 Å². The van der Waals surface area contributed by atoms with Crippen molar-refractivity contribution in [2.24, 2.45) is 13.0 Å². The third kappa shape index (κ3) is 4.59. The van der Waals surface area contributed by atoms with E-state index in [0.29, 0.717) is 30.1 Å². The second kappa shape index (κ2) is 9.37. The van der Waals surface area contributed by atoms with Crippen molar-refractivity contribution in [3.05, 3.63) is 82.1 Å². The summed E-state index contributed by atoms with van der Waals surface area (Å²) in [7, 11) is -1.52. The minimum Gasteiger partial charge on any atom is -0.320 e. The molecule has 0 radical (unpaired) electrons. The molecule has 1 atom stereocenters. The number of hydrogen-bond acceptors (Lipinski definition) is 5. The number of halogens is 2. The van der Waals surface area contributed by atoms with Crippen LogP contribution in [0.2, 0.25) is 0 Å². The fourth-order valence-corrected chi connectivity index (χ4v) is 7.29. The molecule has 1 aliphatic carbocycles. The van der Waals surface area contributed by atoms with Crippen molar-refractivity contribution in [1.29, 1.82) is 0 Å². The molecule has 6 rings (SSSR count). The molecule has 3 aromatic heterocycles. The predicted octanol–water partition coefficient (Wildman–Crippen LogP) is 3.80. The second-order valence-corrected chi connectivity index (χ2v) is 12.8. The minimum absolute atomic E-state index is 0.00322. The van der Waals surface area contributed by atoms with E-state index < -0.39 is 21.6 Å². The number of nitrogens with zero attached hydrogens (tertiary/aromatic N) is 6. The summed E-state index contributed by atoms with van der Waals surface area (Å²) in [6, 6.07) is 8.87. The fraction of sp³-hybridized carbons (Fsp3) is 0.444. The van der Waals surface area contributed by atoms with Crippen LogP contribution in [0.5, 0.6) is 0 Å². The first-order valence-electron chi connectivity index (χ1n) is 13.1. The van der Waals surface area contributed by atoms with E-state index in [2.05, 4.69) is 10.2 Å². The van der Waals surface area contributed by atoms with E-state index in [9.17, 15) is 22.0 Å². The zero-order chi connectivity index (χ0) is 27.5. The fourth-order valence-electron chi connectivity index (χ4n) is 5.79. The van der Waals surface area contributed by atoms with Crippen molar-refractivity contribution >= 4 is 15.5 Å². The topological polar surface area (TPSA) is 94.5 Å². The van der Waals surface area contributed by atoms with Crippen molar-refractivity contribution in [2.45, 2.75) is 51.0 Å². The molecule has 1 saturated carbocycles. The summed E-state index contributed by atoms with van der Waals surface area (Å²) in [5, 5.41) is 8.42. The summed E-state index contributed by atoms with van der Waals surface area (Å²) in [4.78, 5) is 13.6. The van der Waals surface area contributed by atoms with Crippen molar-refractivity contribution in [3.63, 3.8) is 0 Å². The van der Waals surface area contributed by atoms with Gasteiger partial charge >= 0.3 is 5.69 Å². The Morgan fingerprint density at radius 1 is 1.15 bits per heavy atom. The molecule has 9 nitrogen and oxygen atoms in total. The van der Waals surface area contributed by atoms with E-state index in [4.69, 9.17) is 0 Å². The molecule has 2 aliphatic rings. The van der Waals surface area contributed by atoms with Gasteiger partial charge in [-0.2, -0.15) is 4.31 Å². The number of alkyl halides is 2. The van der Waals surface area contributed by atoms with E-state index in [1.165, 1.54) is 31.7 Å². The van der Waals surface area contributed by atoms with Crippen LogP contribution in [-0.4, -0.2) is 48.8 Å². The Kier molecular flexibility index (Phi) is 6.22. The summed E-state index contributed by atoms with van der Waals surface area (Å²) < 4.78 is 60.0. The van der Waals surface area contributed by atoms with Gasteiger partial charge in [0.2, 0.25) is 10.0 Å². The molecule has 0 amide bonds. The van der Waals surface area contributed by atoms with Gasteiger partial charge in [0, 0.05) is 50.9 Å². The lowest BCUT2D eigenvalue weighted by molar-refractivity contribution is 0.0186. The number of hydrogen-bond donors (Lipinski definition) is 0. The maximum atomic E-state index is 14.8. The quantitative estimate of drug-likeness (QED) is 0.345. The Labute approximate surface area is 224 Å². The third-order valence-electron chi connectivity index (χ3n) is 8.01.